The Labute approximate surface area is 225 Å². The average Bonchev–Trinajstić information content (AvgIpc) is 2.88. The van der Waals surface area contributed by atoms with Gasteiger partial charge in [-0.2, -0.15) is 0 Å². The molecule has 0 heterocycles. The van der Waals surface area contributed by atoms with Crippen molar-refractivity contribution in [3.05, 3.63) is 89.5 Å². The van der Waals surface area contributed by atoms with Crippen LogP contribution in [0.2, 0.25) is 0 Å². The molecular weight excluding hydrogens is 480 g/mol. The zero-order valence-electron chi connectivity index (χ0n) is 23.1. The number of ether oxygens (including phenoxy) is 3. The Bertz CT molecular complexity index is 1200. The fourth-order valence-electron chi connectivity index (χ4n) is 4.11. The van der Waals surface area contributed by atoms with Gasteiger partial charge in [0.2, 0.25) is 5.91 Å². The first-order valence-corrected chi connectivity index (χ1v) is 12.6. The summed E-state index contributed by atoms with van der Waals surface area (Å²) in [7, 11) is 3.10. The van der Waals surface area contributed by atoms with Crippen molar-refractivity contribution in [2.24, 2.45) is 0 Å². The SMILES string of the molecule is COc1cc(OC)cc(OCC(=O)N(Cc2cccc(C)c2)[C@H](Cc2ccccc2)C(=O)NC(C)(C)C)c1. The van der Waals surface area contributed by atoms with Crippen LogP contribution in [0, 0.1) is 6.92 Å². The van der Waals surface area contributed by atoms with E-state index in [1.165, 1.54) is 0 Å². The number of carbonyl (C=O) groups is 2. The molecule has 202 valence electrons. The van der Waals surface area contributed by atoms with E-state index in [2.05, 4.69) is 5.32 Å². The Morgan fingerprint density at radius 3 is 2.03 bits per heavy atom. The van der Waals surface area contributed by atoms with Crippen LogP contribution in [-0.4, -0.2) is 49.1 Å². The van der Waals surface area contributed by atoms with Crippen LogP contribution >= 0.6 is 0 Å². The van der Waals surface area contributed by atoms with Gasteiger partial charge in [0, 0.05) is 36.7 Å². The second kappa shape index (κ2) is 13.0. The molecule has 0 aromatic heterocycles. The van der Waals surface area contributed by atoms with E-state index in [1.54, 1.807) is 37.3 Å². The summed E-state index contributed by atoms with van der Waals surface area (Å²) in [6.07, 6.45) is 0.368. The van der Waals surface area contributed by atoms with Gasteiger partial charge in [0.1, 0.15) is 23.3 Å². The van der Waals surface area contributed by atoms with Crippen molar-refractivity contribution in [1.82, 2.24) is 10.2 Å². The number of nitrogens with one attached hydrogen (secondary N) is 1. The number of benzene rings is 3. The lowest BCUT2D eigenvalue weighted by Gasteiger charge is -2.33. The molecule has 0 saturated carbocycles. The maximum absolute atomic E-state index is 13.8. The topological polar surface area (TPSA) is 77.1 Å². The van der Waals surface area contributed by atoms with E-state index in [0.29, 0.717) is 23.7 Å². The first kappa shape index (κ1) is 28.6. The second-order valence-corrected chi connectivity index (χ2v) is 10.3. The van der Waals surface area contributed by atoms with Crippen molar-refractivity contribution < 1.29 is 23.8 Å². The minimum absolute atomic E-state index is 0.217. The molecule has 0 aliphatic rings. The smallest absolute Gasteiger partial charge is 0.261 e. The lowest BCUT2D eigenvalue weighted by atomic mass is 10.0. The molecule has 1 atom stereocenters. The lowest BCUT2D eigenvalue weighted by Crippen LogP contribution is -2.55. The molecule has 7 nitrogen and oxygen atoms in total. The molecule has 0 fully saturated rings. The van der Waals surface area contributed by atoms with E-state index in [0.717, 1.165) is 16.7 Å². The van der Waals surface area contributed by atoms with Gasteiger partial charge in [-0.3, -0.25) is 9.59 Å². The summed E-state index contributed by atoms with van der Waals surface area (Å²) in [6.45, 7) is 7.79. The minimum atomic E-state index is -0.743. The van der Waals surface area contributed by atoms with Crippen molar-refractivity contribution in [2.75, 3.05) is 20.8 Å². The first-order chi connectivity index (χ1) is 18.1. The molecule has 0 aliphatic heterocycles. The molecule has 0 aliphatic carbocycles. The van der Waals surface area contributed by atoms with E-state index >= 15 is 0 Å². The summed E-state index contributed by atoms with van der Waals surface area (Å²) in [6, 6.07) is 22.0. The number of aryl methyl sites for hydroxylation is 1. The summed E-state index contributed by atoms with van der Waals surface area (Å²) >= 11 is 0. The summed E-state index contributed by atoms with van der Waals surface area (Å²) < 4.78 is 16.5. The number of carbonyl (C=O) groups excluding carboxylic acids is 2. The van der Waals surface area contributed by atoms with E-state index in [9.17, 15) is 9.59 Å². The quantitative estimate of drug-likeness (QED) is 0.389. The summed E-state index contributed by atoms with van der Waals surface area (Å²) in [5.41, 5.74) is 2.51. The highest BCUT2D eigenvalue weighted by molar-refractivity contribution is 5.89. The van der Waals surface area contributed by atoms with Gasteiger partial charge in [0.25, 0.3) is 5.91 Å². The van der Waals surface area contributed by atoms with Crippen LogP contribution in [0.3, 0.4) is 0 Å². The predicted octanol–water partition coefficient (Wildman–Crippen LogP) is 4.95. The van der Waals surface area contributed by atoms with Crippen LogP contribution in [0.25, 0.3) is 0 Å². The highest BCUT2D eigenvalue weighted by Crippen LogP contribution is 2.27. The minimum Gasteiger partial charge on any atom is -0.496 e. The van der Waals surface area contributed by atoms with Gasteiger partial charge >= 0.3 is 0 Å². The van der Waals surface area contributed by atoms with Crippen LogP contribution in [0.4, 0.5) is 0 Å². The second-order valence-electron chi connectivity index (χ2n) is 10.3. The van der Waals surface area contributed by atoms with Gasteiger partial charge in [-0.1, -0.05) is 60.2 Å². The van der Waals surface area contributed by atoms with Gasteiger partial charge < -0.3 is 24.4 Å². The van der Waals surface area contributed by atoms with Crippen LogP contribution in [0.15, 0.2) is 72.8 Å². The molecule has 0 bridgehead atoms. The van der Waals surface area contributed by atoms with E-state index < -0.39 is 11.6 Å². The number of methoxy groups -OCH3 is 2. The van der Waals surface area contributed by atoms with E-state index in [1.807, 2.05) is 82.3 Å². The van der Waals surface area contributed by atoms with Crippen molar-refractivity contribution >= 4 is 11.8 Å². The standard InChI is InChI=1S/C31H38N2O5/c1-22-11-10-14-24(15-22)20-33(29(34)21-38-27-18-25(36-5)17-26(19-27)37-6)28(30(35)32-31(2,3)4)16-23-12-8-7-9-13-23/h7-15,17-19,28H,16,20-21H2,1-6H3,(H,32,35)/t28-/m1/s1. The fraction of sp³-hybridized carbons (Fsp3) is 0.355. The Kier molecular flexibility index (Phi) is 9.77. The number of hydrogen-bond donors (Lipinski definition) is 1. The van der Waals surface area contributed by atoms with Crippen LogP contribution in [-0.2, 0) is 22.6 Å². The fourth-order valence-corrected chi connectivity index (χ4v) is 4.11. The zero-order valence-corrected chi connectivity index (χ0v) is 23.1. The Balaban J connectivity index is 1.94. The van der Waals surface area contributed by atoms with Gasteiger partial charge in [0.15, 0.2) is 6.61 Å². The van der Waals surface area contributed by atoms with E-state index in [4.69, 9.17) is 14.2 Å². The van der Waals surface area contributed by atoms with Gasteiger partial charge in [-0.15, -0.1) is 0 Å². The van der Waals surface area contributed by atoms with Gasteiger partial charge in [-0.05, 0) is 38.8 Å². The third-order valence-corrected chi connectivity index (χ3v) is 5.89. The highest BCUT2D eigenvalue weighted by atomic mass is 16.5. The highest BCUT2D eigenvalue weighted by Gasteiger charge is 2.32. The van der Waals surface area contributed by atoms with Crippen LogP contribution in [0.1, 0.15) is 37.5 Å². The first-order valence-electron chi connectivity index (χ1n) is 12.6. The van der Waals surface area contributed by atoms with Gasteiger partial charge in [-0.25, -0.2) is 0 Å². The maximum atomic E-state index is 13.8. The molecule has 7 heteroatoms. The molecule has 3 aromatic carbocycles. The molecular formula is C31H38N2O5. The lowest BCUT2D eigenvalue weighted by molar-refractivity contribution is -0.143. The van der Waals surface area contributed by atoms with Crippen molar-refractivity contribution in [2.45, 2.75) is 52.2 Å². The number of hydrogen-bond acceptors (Lipinski definition) is 5. The summed E-state index contributed by atoms with van der Waals surface area (Å²) in [5, 5.41) is 3.07. The third kappa shape index (κ3) is 8.54. The summed E-state index contributed by atoms with van der Waals surface area (Å²) in [4.78, 5) is 29.0. The Morgan fingerprint density at radius 1 is 0.842 bits per heavy atom. The molecule has 3 rings (SSSR count). The Morgan fingerprint density at radius 2 is 1.45 bits per heavy atom. The molecule has 0 saturated heterocycles. The van der Waals surface area contributed by atoms with E-state index in [-0.39, 0.29) is 25.0 Å². The maximum Gasteiger partial charge on any atom is 0.261 e. The molecule has 0 unspecified atom stereocenters. The van der Waals surface area contributed by atoms with Crippen molar-refractivity contribution in [1.29, 1.82) is 0 Å². The molecule has 0 spiro atoms. The van der Waals surface area contributed by atoms with Gasteiger partial charge in [0.05, 0.1) is 14.2 Å². The largest absolute Gasteiger partial charge is 0.496 e. The van der Waals surface area contributed by atoms with Crippen LogP contribution in [0.5, 0.6) is 17.2 Å². The molecule has 38 heavy (non-hydrogen) atoms. The van der Waals surface area contributed by atoms with Crippen molar-refractivity contribution in [3.63, 3.8) is 0 Å². The normalized spacial score (nSPS) is 11.8. The number of rotatable bonds is 11. The Hall–Kier alpha value is -4.00. The average molecular weight is 519 g/mol. The van der Waals surface area contributed by atoms with Crippen molar-refractivity contribution in [3.8, 4) is 17.2 Å². The molecule has 1 N–H and O–H groups in total. The molecule has 0 radical (unpaired) electrons. The number of amides is 2. The zero-order chi connectivity index (χ0) is 27.7. The number of nitrogens with zero attached hydrogens (tertiary/aromatic N) is 1. The third-order valence-electron chi connectivity index (χ3n) is 5.89. The molecule has 2 amide bonds. The predicted molar refractivity (Wildman–Crippen MR) is 149 cm³/mol. The van der Waals surface area contributed by atoms with Crippen LogP contribution < -0.4 is 19.5 Å². The molecule has 3 aromatic rings. The summed E-state index contributed by atoms with van der Waals surface area (Å²) in [5.74, 6) is 1.01. The monoisotopic (exact) mass is 518 g/mol.